The van der Waals surface area contributed by atoms with Gasteiger partial charge >= 0.3 is 0 Å². The quantitative estimate of drug-likeness (QED) is 0.332. The first-order valence-corrected chi connectivity index (χ1v) is 10.1. The van der Waals surface area contributed by atoms with Crippen LogP contribution in [0.2, 0.25) is 0 Å². The number of fused-ring (bicyclic) bond motifs is 4. The summed E-state index contributed by atoms with van der Waals surface area (Å²) < 4.78 is 6.14. The predicted molar refractivity (Wildman–Crippen MR) is 126 cm³/mol. The Kier molecular flexibility index (Phi) is 3.82. The number of hydrogen-bond donors (Lipinski definition) is 1. The van der Waals surface area contributed by atoms with E-state index in [2.05, 4.69) is 96.3 Å². The van der Waals surface area contributed by atoms with E-state index in [1.54, 1.807) is 0 Å². The summed E-state index contributed by atoms with van der Waals surface area (Å²) in [6, 6.07) is 38.0. The van der Waals surface area contributed by atoms with Crippen molar-refractivity contribution in [2.75, 3.05) is 5.32 Å². The van der Waals surface area contributed by atoms with Crippen LogP contribution in [0.5, 0.6) is 0 Å². The summed E-state index contributed by atoms with van der Waals surface area (Å²) in [4.78, 5) is 0. The van der Waals surface area contributed by atoms with E-state index in [-0.39, 0.29) is 0 Å². The third-order valence-corrected chi connectivity index (χ3v) is 5.60. The second kappa shape index (κ2) is 6.78. The van der Waals surface area contributed by atoms with Crippen molar-refractivity contribution in [1.29, 1.82) is 0 Å². The van der Waals surface area contributed by atoms with Crippen molar-refractivity contribution < 1.29 is 4.42 Å². The van der Waals surface area contributed by atoms with Gasteiger partial charge in [0, 0.05) is 22.1 Å². The van der Waals surface area contributed by atoms with Crippen molar-refractivity contribution in [2.24, 2.45) is 0 Å². The van der Waals surface area contributed by atoms with Gasteiger partial charge in [0.15, 0.2) is 0 Å². The molecule has 0 saturated carbocycles. The summed E-state index contributed by atoms with van der Waals surface area (Å²) >= 11 is 0. The topological polar surface area (TPSA) is 25.2 Å². The van der Waals surface area contributed by atoms with E-state index in [4.69, 9.17) is 4.42 Å². The second-order valence-corrected chi connectivity index (χ2v) is 7.58. The van der Waals surface area contributed by atoms with Crippen LogP contribution < -0.4 is 5.32 Å². The van der Waals surface area contributed by atoms with Gasteiger partial charge < -0.3 is 9.73 Å². The van der Waals surface area contributed by atoms with Crippen LogP contribution in [0.15, 0.2) is 114 Å². The van der Waals surface area contributed by atoms with Gasteiger partial charge in [-0.15, -0.1) is 0 Å². The molecule has 6 aromatic rings. The molecule has 0 aliphatic carbocycles. The third-order valence-electron chi connectivity index (χ3n) is 5.60. The molecule has 0 fully saturated rings. The molecular weight excluding hydrogens is 366 g/mol. The van der Waals surface area contributed by atoms with E-state index in [0.717, 1.165) is 33.3 Å². The summed E-state index contributed by atoms with van der Waals surface area (Å²) in [6.07, 6.45) is 0. The van der Waals surface area contributed by atoms with E-state index in [1.807, 2.05) is 18.2 Å². The van der Waals surface area contributed by atoms with Crippen LogP contribution in [0.4, 0.5) is 11.4 Å². The molecule has 142 valence electrons. The van der Waals surface area contributed by atoms with Crippen molar-refractivity contribution in [2.45, 2.75) is 0 Å². The first kappa shape index (κ1) is 16.9. The highest BCUT2D eigenvalue weighted by Crippen LogP contribution is 2.35. The largest absolute Gasteiger partial charge is 0.456 e. The van der Waals surface area contributed by atoms with Crippen molar-refractivity contribution in [3.63, 3.8) is 0 Å². The Bertz CT molecular complexity index is 1510. The average Bonchev–Trinajstić information content (AvgIpc) is 3.15. The monoisotopic (exact) mass is 385 g/mol. The maximum absolute atomic E-state index is 6.14. The van der Waals surface area contributed by atoms with Crippen LogP contribution in [-0.2, 0) is 0 Å². The van der Waals surface area contributed by atoms with Gasteiger partial charge in [-0.05, 0) is 70.4 Å². The van der Waals surface area contributed by atoms with Gasteiger partial charge in [-0.25, -0.2) is 0 Å². The lowest BCUT2D eigenvalue weighted by Gasteiger charge is -2.09. The molecule has 0 bridgehead atoms. The van der Waals surface area contributed by atoms with E-state index >= 15 is 0 Å². The lowest BCUT2D eigenvalue weighted by Crippen LogP contribution is -1.90. The first-order chi connectivity index (χ1) is 14.8. The highest BCUT2D eigenvalue weighted by Gasteiger charge is 2.10. The predicted octanol–water partition coefficient (Wildman–Crippen LogP) is 8.15. The minimum absolute atomic E-state index is 0.919. The fourth-order valence-corrected chi connectivity index (χ4v) is 4.11. The molecule has 6 rings (SSSR count). The maximum Gasteiger partial charge on any atom is 0.136 e. The Hall–Kier alpha value is -4.04. The van der Waals surface area contributed by atoms with Crippen LogP contribution >= 0.6 is 0 Å². The zero-order valence-electron chi connectivity index (χ0n) is 16.3. The van der Waals surface area contributed by atoms with Crippen molar-refractivity contribution in [3.8, 4) is 11.1 Å². The zero-order valence-corrected chi connectivity index (χ0v) is 16.3. The molecule has 0 atom stereocenters. The van der Waals surface area contributed by atoms with Crippen molar-refractivity contribution in [3.05, 3.63) is 109 Å². The summed E-state index contributed by atoms with van der Waals surface area (Å²) in [6.45, 7) is 0. The van der Waals surface area contributed by atoms with E-state index < -0.39 is 0 Å². The minimum Gasteiger partial charge on any atom is -0.456 e. The molecule has 1 heterocycles. The minimum atomic E-state index is 0.919. The molecule has 0 unspecified atom stereocenters. The first-order valence-electron chi connectivity index (χ1n) is 10.1. The SMILES string of the molecule is c1ccc(Nc2cccc(-c3ccc4oc5cc6ccccc6cc5c4c3)c2)cc1. The van der Waals surface area contributed by atoms with Crippen molar-refractivity contribution >= 4 is 44.1 Å². The second-order valence-electron chi connectivity index (χ2n) is 7.58. The molecule has 1 N–H and O–H groups in total. The highest BCUT2D eigenvalue weighted by atomic mass is 16.3. The maximum atomic E-state index is 6.14. The molecule has 0 spiro atoms. The smallest absolute Gasteiger partial charge is 0.136 e. The average molecular weight is 385 g/mol. The van der Waals surface area contributed by atoms with Gasteiger partial charge in [0.2, 0.25) is 0 Å². The molecule has 0 aliphatic heterocycles. The van der Waals surface area contributed by atoms with Gasteiger partial charge in [-0.3, -0.25) is 0 Å². The number of rotatable bonds is 3. The summed E-state index contributed by atoms with van der Waals surface area (Å²) in [5, 5.41) is 8.21. The van der Waals surface area contributed by atoms with Gasteiger partial charge in [0.05, 0.1) is 0 Å². The van der Waals surface area contributed by atoms with Crippen LogP contribution in [0.25, 0.3) is 43.8 Å². The molecule has 0 saturated heterocycles. The molecular formula is C28H19NO. The number of para-hydroxylation sites is 1. The summed E-state index contributed by atoms with van der Waals surface area (Å²) in [5.74, 6) is 0. The molecule has 30 heavy (non-hydrogen) atoms. The van der Waals surface area contributed by atoms with Gasteiger partial charge in [-0.1, -0.05) is 60.7 Å². The van der Waals surface area contributed by atoms with Crippen molar-refractivity contribution in [1.82, 2.24) is 0 Å². The van der Waals surface area contributed by atoms with Gasteiger partial charge in [0.25, 0.3) is 0 Å². The standard InChI is InChI=1S/C28H19NO/c1-2-10-23(11-3-1)29-24-12-6-9-19(15-24)22-13-14-27-25(17-22)26-16-20-7-4-5-8-21(20)18-28(26)30-27/h1-18,29H. The van der Waals surface area contributed by atoms with Crippen LogP contribution in [0.3, 0.4) is 0 Å². The number of furan rings is 1. The summed E-state index contributed by atoms with van der Waals surface area (Å²) in [7, 11) is 0. The van der Waals surface area contributed by atoms with Crippen LogP contribution in [0.1, 0.15) is 0 Å². The molecule has 0 radical (unpaired) electrons. The van der Waals surface area contributed by atoms with Gasteiger partial charge in [-0.2, -0.15) is 0 Å². The Morgan fingerprint density at radius 1 is 0.467 bits per heavy atom. The molecule has 2 nitrogen and oxygen atoms in total. The zero-order chi connectivity index (χ0) is 19.9. The summed E-state index contributed by atoms with van der Waals surface area (Å²) in [5.41, 5.74) is 6.35. The molecule has 0 amide bonds. The number of benzene rings is 5. The third kappa shape index (κ3) is 2.90. The molecule has 5 aromatic carbocycles. The van der Waals surface area contributed by atoms with E-state index in [1.165, 1.54) is 21.9 Å². The fraction of sp³-hybridized carbons (Fsp3) is 0. The fourth-order valence-electron chi connectivity index (χ4n) is 4.11. The lowest BCUT2D eigenvalue weighted by molar-refractivity contribution is 0.669. The van der Waals surface area contributed by atoms with Crippen LogP contribution in [0, 0.1) is 0 Å². The Morgan fingerprint density at radius 3 is 2.03 bits per heavy atom. The number of anilines is 2. The molecule has 1 aromatic heterocycles. The van der Waals surface area contributed by atoms with E-state index in [9.17, 15) is 0 Å². The molecule has 2 heteroatoms. The number of hydrogen-bond acceptors (Lipinski definition) is 2. The normalized spacial score (nSPS) is 11.3. The van der Waals surface area contributed by atoms with Gasteiger partial charge in [0.1, 0.15) is 11.2 Å². The molecule has 0 aliphatic rings. The van der Waals surface area contributed by atoms with Crippen LogP contribution in [-0.4, -0.2) is 0 Å². The Labute approximate surface area is 174 Å². The highest BCUT2D eigenvalue weighted by molar-refractivity contribution is 6.11. The Balaban J connectivity index is 1.45. The Morgan fingerprint density at radius 2 is 1.17 bits per heavy atom. The number of nitrogens with one attached hydrogen (secondary N) is 1. The van der Waals surface area contributed by atoms with E-state index in [0.29, 0.717) is 0 Å². The lowest BCUT2D eigenvalue weighted by atomic mass is 10.0.